The highest BCUT2D eigenvalue weighted by Gasteiger charge is 2.41. The zero-order chi connectivity index (χ0) is 47.8. The minimum Gasteiger partial charge on any atom is -0.497 e. The molecule has 2 aromatic carbocycles. The van der Waals surface area contributed by atoms with Crippen molar-refractivity contribution >= 4 is 53.3 Å². The van der Waals surface area contributed by atoms with E-state index in [1.54, 1.807) is 82.3 Å². The highest BCUT2D eigenvalue weighted by molar-refractivity contribution is 5.98. The Bertz CT molecular complexity index is 1980. The molecule has 1 aliphatic heterocycles. The van der Waals surface area contributed by atoms with Crippen LogP contribution < -0.4 is 36.6 Å². The van der Waals surface area contributed by atoms with Crippen LogP contribution in [0.4, 0.5) is 0 Å². The third-order valence-corrected chi connectivity index (χ3v) is 10.6. The lowest BCUT2D eigenvalue weighted by Gasteiger charge is -2.34. The number of aliphatic hydroxyl groups excluding tert-OH is 1. The summed E-state index contributed by atoms with van der Waals surface area (Å²) in [5, 5.41) is 25.9. The highest BCUT2D eigenvalue weighted by atomic mass is 16.6. The van der Waals surface area contributed by atoms with Gasteiger partial charge in [-0.15, -0.1) is 0 Å². The molecule has 1 heterocycles. The number of aliphatic hydroxyl groups is 1. The van der Waals surface area contributed by atoms with Crippen LogP contribution in [0.1, 0.15) is 72.1 Å². The van der Waals surface area contributed by atoms with Crippen molar-refractivity contribution in [3.05, 3.63) is 65.7 Å². The number of carbonyl (C=O) groups is 9. The van der Waals surface area contributed by atoms with Crippen LogP contribution in [0.5, 0.6) is 5.75 Å². The quantitative estimate of drug-likeness (QED) is 0.126. The lowest BCUT2D eigenvalue weighted by molar-refractivity contribution is -0.160. The van der Waals surface area contributed by atoms with Crippen LogP contribution >= 0.6 is 0 Å². The van der Waals surface area contributed by atoms with Crippen molar-refractivity contribution in [2.45, 2.75) is 110 Å². The van der Waals surface area contributed by atoms with Crippen molar-refractivity contribution in [3.8, 4) is 5.75 Å². The molecule has 9 atom stereocenters. The molecular formula is C44H61N7O13. The van der Waals surface area contributed by atoms with Gasteiger partial charge in [0.15, 0.2) is 6.04 Å². The first-order valence-electron chi connectivity index (χ1n) is 20.9. The van der Waals surface area contributed by atoms with Gasteiger partial charge < -0.3 is 56.1 Å². The summed E-state index contributed by atoms with van der Waals surface area (Å²) in [4.78, 5) is 124. The van der Waals surface area contributed by atoms with E-state index in [4.69, 9.17) is 14.2 Å². The SMILES string of the molecule is CCC(C)C1NC(=O)C(NC(=O)C(C)C)C(C)OC(=O)C(COC(=O)CNC(C)=O)NC(=O)C(C(C)O)NC(=O)C(Cc2ccccc2)N(C)C(=O)C(c2ccc(OC)cc2)NC1=O. The molecule has 0 saturated carbocycles. The lowest BCUT2D eigenvalue weighted by atomic mass is 9.96. The molecule has 350 valence electrons. The van der Waals surface area contributed by atoms with Crippen LogP contribution in [0.2, 0.25) is 0 Å². The van der Waals surface area contributed by atoms with E-state index in [0.29, 0.717) is 17.7 Å². The van der Waals surface area contributed by atoms with Gasteiger partial charge in [0.25, 0.3) is 0 Å². The number of nitrogens with one attached hydrogen (secondary N) is 6. The summed E-state index contributed by atoms with van der Waals surface area (Å²) in [7, 11) is 2.78. The summed E-state index contributed by atoms with van der Waals surface area (Å²) in [6.45, 7) is 8.69. The number of rotatable bonds is 13. The van der Waals surface area contributed by atoms with E-state index >= 15 is 0 Å². The molecule has 1 saturated heterocycles. The lowest BCUT2D eigenvalue weighted by Crippen LogP contribution is -2.61. The number of cyclic esters (lactones) is 1. The topological polar surface area (TPSA) is 277 Å². The Kier molecular flexibility index (Phi) is 19.7. The third kappa shape index (κ3) is 14.8. The smallest absolute Gasteiger partial charge is 0.332 e. The van der Waals surface area contributed by atoms with E-state index in [2.05, 4.69) is 31.9 Å². The van der Waals surface area contributed by atoms with Gasteiger partial charge in [0.1, 0.15) is 55.2 Å². The van der Waals surface area contributed by atoms with Gasteiger partial charge in [0.2, 0.25) is 41.4 Å². The van der Waals surface area contributed by atoms with Crippen LogP contribution in [0.3, 0.4) is 0 Å². The number of carbonyl (C=O) groups excluding carboxylic acids is 9. The number of ether oxygens (including phenoxy) is 3. The maximum atomic E-state index is 14.8. The van der Waals surface area contributed by atoms with Gasteiger partial charge in [0.05, 0.1) is 13.2 Å². The summed E-state index contributed by atoms with van der Waals surface area (Å²) in [6.07, 6.45) is -2.91. The molecule has 0 spiro atoms. The third-order valence-electron chi connectivity index (χ3n) is 10.6. The summed E-state index contributed by atoms with van der Waals surface area (Å²) in [6, 6.07) is 5.33. The average molecular weight is 896 g/mol. The van der Waals surface area contributed by atoms with Gasteiger partial charge in [-0.3, -0.25) is 38.4 Å². The van der Waals surface area contributed by atoms with E-state index in [-0.39, 0.29) is 12.0 Å². The first-order valence-corrected chi connectivity index (χ1v) is 20.9. The fourth-order valence-electron chi connectivity index (χ4n) is 6.42. The van der Waals surface area contributed by atoms with Gasteiger partial charge in [-0.2, -0.15) is 0 Å². The number of nitrogens with zero attached hydrogens (tertiary/aromatic N) is 1. The van der Waals surface area contributed by atoms with Crippen molar-refractivity contribution in [1.82, 2.24) is 36.8 Å². The molecule has 20 heteroatoms. The van der Waals surface area contributed by atoms with E-state index < -0.39 is 127 Å². The van der Waals surface area contributed by atoms with E-state index in [9.17, 15) is 48.3 Å². The van der Waals surface area contributed by atoms with Gasteiger partial charge in [-0.1, -0.05) is 76.6 Å². The van der Waals surface area contributed by atoms with Crippen LogP contribution in [-0.4, -0.2) is 133 Å². The fourth-order valence-corrected chi connectivity index (χ4v) is 6.42. The zero-order valence-electron chi connectivity index (χ0n) is 37.6. The van der Waals surface area contributed by atoms with Gasteiger partial charge in [0, 0.05) is 26.3 Å². The van der Waals surface area contributed by atoms with Crippen LogP contribution in [-0.2, 0) is 59.0 Å². The molecule has 20 nitrogen and oxygen atoms in total. The highest BCUT2D eigenvalue weighted by Crippen LogP contribution is 2.23. The summed E-state index contributed by atoms with van der Waals surface area (Å²) < 4.78 is 16.1. The Morgan fingerprint density at radius 1 is 0.844 bits per heavy atom. The number of hydrogen-bond donors (Lipinski definition) is 7. The number of hydrogen-bond acceptors (Lipinski definition) is 13. The second kappa shape index (κ2) is 24.3. The number of likely N-dealkylation sites (N-methyl/N-ethyl adjacent to an activating group) is 1. The van der Waals surface area contributed by atoms with Crippen molar-refractivity contribution in [1.29, 1.82) is 0 Å². The monoisotopic (exact) mass is 895 g/mol. The molecule has 64 heavy (non-hydrogen) atoms. The Labute approximate surface area is 372 Å². The molecule has 0 aliphatic carbocycles. The van der Waals surface area contributed by atoms with E-state index in [0.717, 1.165) is 11.8 Å². The maximum Gasteiger partial charge on any atom is 0.332 e. The summed E-state index contributed by atoms with van der Waals surface area (Å²) >= 11 is 0. The molecule has 1 aliphatic rings. The molecule has 3 rings (SSSR count). The average Bonchev–Trinajstić information content (AvgIpc) is 3.26. The minimum absolute atomic E-state index is 0.113. The van der Waals surface area contributed by atoms with Gasteiger partial charge in [-0.25, -0.2) is 4.79 Å². The molecular weight excluding hydrogens is 835 g/mol. The molecule has 7 N–H and O–H groups in total. The Hall–Kier alpha value is -6.57. The number of amides is 7. The molecule has 0 aromatic heterocycles. The maximum absolute atomic E-state index is 14.8. The van der Waals surface area contributed by atoms with E-state index in [1.807, 2.05) is 0 Å². The number of esters is 2. The first-order chi connectivity index (χ1) is 30.2. The van der Waals surface area contributed by atoms with Crippen LogP contribution in [0.15, 0.2) is 54.6 Å². The van der Waals surface area contributed by atoms with Crippen molar-refractivity contribution in [2.24, 2.45) is 11.8 Å². The normalized spacial score (nSPS) is 23.9. The van der Waals surface area contributed by atoms with Crippen molar-refractivity contribution < 1.29 is 62.5 Å². The standard InChI is InChI=1S/C44H61N7O13/c1-10-24(4)34-40(57)50-37(29-16-18-30(62-9)19-17-29)43(60)51(8)32(20-28-14-12-11-13-15-28)39(56)48-35(25(5)52)41(58)46-31(22-63-33(54)21-45-27(7)53)44(61)64-26(6)36(42(59)47-34)49-38(55)23(2)3/h11-19,23-26,31-32,34-37,52H,10,20-22H2,1-9H3,(H,45,53)(H,46,58)(H,47,59)(H,48,56)(H,49,55)(H,50,57). The summed E-state index contributed by atoms with van der Waals surface area (Å²) in [5.41, 5.74) is 0.873. The second-order valence-corrected chi connectivity index (χ2v) is 15.9. The first kappa shape index (κ1) is 51.8. The molecule has 2 aromatic rings. The Morgan fingerprint density at radius 3 is 2.02 bits per heavy atom. The summed E-state index contributed by atoms with van der Waals surface area (Å²) in [5.74, 6) is -8.89. The molecule has 1 fully saturated rings. The predicted octanol–water partition coefficient (Wildman–Crippen LogP) is -0.431. The Morgan fingerprint density at radius 2 is 1.45 bits per heavy atom. The molecule has 7 amide bonds. The van der Waals surface area contributed by atoms with Gasteiger partial charge >= 0.3 is 11.9 Å². The Balaban J connectivity index is 2.27. The molecule has 0 radical (unpaired) electrons. The minimum atomic E-state index is -1.85. The second-order valence-electron chi connectivity index (χ2n) is 15.9. The number of methoxy groups -OCH3 is 1. The fraction of sp³-hybridized carbons (Fsp3) is 0.523. The van der Waals surface area contributed by atoms with Crippen LogP contribution in [0, 0.1) is 11.8 Å². The molecule has 9 unspecified atom stereocenters. The molecule has 0 bridgehead atoms. The van der Waals surface area contributed by atoms with Crippen molar-refractivity contribution in [2.75, 3.05) is 27.3 Å². The van der Waals surface area contributed by atoms with Crippen molar-refractivity contribution in [3.63, 3.8) is 0 Å². The largest absolute Gasteiger partial charge is 0.497 e. The van der Waals surface area contributed by atoms with E-state index in [1.165, 1.54) is 28.0 Å². The van der Waals surface area contributed by atoms with Gasteiger partial charge in [-0.05, 0) is 43.0 Å². The van der Waals surface area contributed by atoms with Crippen LogP contribution in [0.25, 0.3) is 0 Å². The predicted molar refractivity (Wildman–Crippen MR) is 229 cm³/mol. The zero-order valence-corrected chi connectivity index (χ0v) is 37.6. The number of benzene rings is 2.